The number of carbonyl (C=O) groups excluding carboxylic acids is 1. The Labute approximate surface area is 124 Å². The normalized spacial score (nSPS) is 17.7. The van der Waals surface area contributed by atoms with Gasteiger partial charge >= 0.3 is 0 Å². The first-order chi connectivity index (χ1) is 10.3. The lowest BCUT2D eigenvalue weighted by atomic mass is 10.0. The quantitative estimate of drug-likeness (QED) is 0.893. The third kappa shape index (κ3) is 3.09. The molecule has 1 amide bonds. The number of ether oxygens (including phenoxy) is 1. The number of aromatic amines is 1. The number of rotatable bonds is 3. The van der Waals surface area contributed by atoms with E-state index in [1.54, 1.807) is 0 Å². The number of benzene rings is 1. The monoisotopic (exact) mass is 287 g/mol. The molecule has 2 heterocycles. The van der Waals surface area contributed by atoms with Gasteiger partial charge in [0.15, 0.2) is 0 Å². The van der Waals surface area contributed by atoms with Gasteiger partial charge in [0.2, 0.25) is 5.91 Å². The topological polar surface area (TPSA) is 71.4 Å². The number of nitrogens with two attached hydrogens (primary N) is 1. The van der Waals surface area contributed by atoms with Gasteiger partial charge in [0, 0.05) is 36.8 Å². The maximum Gasteiger partial charge on any atom is 0.239 e. The van der Waals surface area contributed by atoms with Crippen LogP contribution in [0.25, 0.3) is 10.9 Å². The molecule has 0 spiro atoms. The van der Waals surface area contributed by atoms with E-state index in [0.29, 0.717) is 19.6 Å². The zero-order valence-electron chi connectivity index (χ0n) is 12.0. The summed E-state index contributed by atoms with van der Waals surface area (Å²) in [6.07, 6.45) is 3.38. The van der Waals surface area contributed by atoms with E-state index in [4.69, 9.17) is 10.5 Å². The van der Waals surface area contributed by atoms with Crippen molar-refractivity contribution in [3.63, 3.8) is 0 Å². The summed E-state index contributed by atoms with van der Waals surface area (Å²) in [7, 11) is 0. The van der Waals surface area contributed by atoms with Crippen LogP contribution in [0.2, 0.25) is 0 Å². The molecule has 0 saturated carbocycles. The van der Waals surface area contributed by atoms with Crippen LogP contribution in [0.5, 0.6) is 0 Å². The number of hydrogen-bond acceptors (Lipinski definition) is 3. The van der Waals surface area contributed by atoms with Crippen molar-refractivity contribution < 1.29 is 9.53 Å². The Morgan fingerprint density at radius 1 is 1.33 bits per heavy atom. The second-order valence-corrected chi connectivity index (χ2v) is 5.46. The molecule has 0 radical (unpaired) electrons. The first-order valence-electron chi connectivity index (χ1n) is 7.43. The number of H-pyrrole nitrogens is 1. The minimum Gasteiger partial charge on any atom is -0.380 e. The van der Waals surface area contributed by atoms with Crippen molar-refractivity contribution in [3.05, 3.63) is 36.0 Å². The molecular formula is C16H21N3O2. The number of amides is 1. The molecule has 21 heavy (non-hydrogen) atoms. The Morgan fingerprint density at radius 2 is 2.19 bits per heavy atom. The lowest BCUT2D eigenvalue weighted by Gasteiger charge is -2.23. The maximum atomic E-state index is 12.4. The Bertz CT molecular complexity index is 615. The first-order valence-corrected chi connectivity index (χ1v) is 7.43. The fourth-order valence-electron chi connectivity index (χ4n) is 2.83. The zero-order chi connectivity index (χ0) is 14.7. The van der Waals surface area contributed by atoms with Crippen molar-refractivity contribution in [2.45, 2.75) is 18.9 Å². The van der Waals surface area contributed by atoms with Gasteiger partial charge in [-0.3, -0.25) is 4.79 Å². The van der Waals surface area contributed by atoms with Crippen molar-refractivity contribution in [1.29, 1.82) is 0 Å². The van der Waals surface area contributed by atoms with Crippen LogP contribution in [-0.4, -0.2) is 48.1 Å². The van der Waals surface area contributed by atoms with Crippen LogP contribution < -0.4 is 5.73 Å². The molecule has 1 aliphatic heterocycles. The number of aromatic nitrogens is 1. The van der Waals surface area contributed by atoms with E-state index < -0.39 is 6.04 Å². The van der Waals surface area contributed by atoms with Gasteiger partial charge in [-0.05, 0) is 24.5 Å². The molecule has 5 nitrogen and oxygen atoms in total. The van der Waals surface area contributed by atoms with Crippen LogP contribution in [-0.2, 0) is 16.0 Å². The predicted molar refractivity (Wildman–Crippen MR) is 82.0 cm³/mol. The highest BCUT2D eigenvalue weighted by molar-refractivity contribution is 5.86. The number of carbonyl (C=O) groups is 1. The van der Waals surface area contributed by atoms with Crippen molar-refractivity contribution in [1.82, 2.24) is 9.88 Å². The molecule has 1 fully saturated rings. The minimum absolute atomic E-state index is 0.0192. The van der Waals surface area contributed by atoms with Crippen LogP contribution in [0.3, 0.4) is 0 Å². The minimum atomic E-state index is -0.498. The summed E-state index contributed by atoms with van der Waals surface area (Å²) in [5.74, 6) is 0.0192. The van der Waals surface area contributed by atoms with Crippen molar-refractivity contribution >= 4 is 16.8 Å². The summed E-state index contributed by atoms with van der Waals surface area (Å²) in [5.41, 5.74) is 8.31. The van der Waals surface area contributed by atoms with E-state index in [1.807, 2.05) is 29.3 Å². The predicted octanol–water partition coefficient (Wildman–Crippen LogP) is 1.29. The number of para-hydroxylation sites is 1. The number of fused-ring (bicyclic) bond motifs is 1. The van der Waals surface area contributed by atoms with Crippen LogP contribution in [0.4, 0.5) is 0 Å². The molecule has 0 aliphatic carbocycles. The summed E-state index contributed by atoms with van der Waals surface area (Å²) in [4.78, 5) is 17.5. The summed E-state index contributed by atoms with van der Waals surface area (Å²) in [5, 5.41) is 1.14. The third-order valence-electron chi connectivity index (χ3n) is 3.97. The lowest BCUT2D eigenvalue weighted by Crippen LogP contribution is -2.45. The highest BCUT2D eigenvalue weighted by Crippen LogP contribution is 2.19. The van der Waals surface area contributed by atoms with Crippen LogP contribution in [0.1, 0.15) is 12.0 Å². The fourth-order valence-corrected chi connectivity index (χ4v) is 2.83. The van der Waals surface area contributed by atoms with Crippen molar-refractivity contribution in [2.75, 3.05) is 26.3 Å². The Kier molecular flexibility index (Phi) is 4.22. The summed E-state index contributed by atoms with van der Waals surface area (Å²) in [6, 6.07) is 7.57. The van der Waals surface area contributed by atoms with Gasteiger partial charge in [0.25, 0.3) is 0 Å². The van der Waals surface area contributed by atoms with Crippen LogP contribution in [0, 0.1) is 0 Å². The van der Waals surface area contributed by atoms with Crippen molar-refractivity contribution in [3.8, 4) is 0 Å². The van der Waals surface area contributed by atoms with Gasteiger partial charge < -0.3 is 20.4 Å². The Balaban J connectivity index is 1.70. The van der Waals surface area contributed by atoms with E-state index >= 15 is 0 Å². The first kappa shape index (κ1) is 14.1. The molecule has 1 aliphatic rings. The van der Waals surface area contributed by atoms with E-state index in [9.17, 15) is 4.79 Å². The van der Waals surface area contributed by atoms with E-state index in [-0.39, 0.29) is 5.91 Å². The van der Waals surface area contributed by atoms with Gasteiger partial charge in [-0.2, -0.15) is 0 Å². The molecule has 3 N–H and O–H groups in total. The number of nitrogens with zero attached hydrogens (tertiary/aromatic N) is 1. The fraction of sp³-hybridized carbons (Fsp3) is 0.438. The highest BCUT2D eigenvalue weighted by atomic mass is 16.5. The number of nitrogens with one attached hydrogen (secondary N) is 1. The second kappa shape index (κ2) is 6.28. The lowest BCUT2D eigenvalue weighted by molar-refractivity contribution is -0.132. The van der Waals surface area contributed by atoms with Gasteiger partial charge in [0.1, 0.15) is 0 Å². The largest absolute Gasteiger partial charge is 0.380 e. The molecule has 0 unspecified atom stereocenters. The smallest absolute Gasteiger partial charge is 0.239 e. The summed E-state index contributed by atoms with van der Waals surface area (Å²) < 4.78 is 5.38. The van der Waals surface area contributed by atoms with Crippen LogP contribution >= 0.6 is 0 Å². The average molecular weight is 287 g/mol. The molecule has 0 bridgehead atoms. The Morgan fingerprint density at radius 3 is 3.10 bits per heavy atom. The molecular weight excluding hydrogens is 266 g/mol. The standard InChI is InChI=1S/C16H21N3O2/c17-14(16(20)19-6-3-8-21-9-7-19)10-12-11-18-15-5-2-1-4-13(12)15/h1-2,4-5,11,14,18H,3,6-10,17H2/t14-/m1/s1. The average Bonchev–Trinajstić information content (AvgIpc) is 2.74. The second-order valence-electron chi connectivity index (χ2n) is 5.46. The summed E-state index contributed by atoms with van der Waals surface area (Å²) >= 11 is 0. The molecule has 1 atom stereocenters. The molecule has 1 saturated heterocycles. The third-order valence-corrected chi connectivity index (χ3v) is 3.97. The number of hydrogen-bond donors (Lipinski definition) is 2. The highest BCUT2D eigenvalue weighted by Gasteiger charge is 2.23. The SMILES string of the molecule is N[C@H](Cc1c[nH]c2ccccc12)C(=O)N1CCCOCC1. The summed E-state index contributed by atoms with van der Waals surface area (Å²) in [6.45, 7) is 2.70. The van der Waals surface area contributed by atoms with Crippen LogP contribution in [0.15, 0.2) is 30.5 Å². The van der Waals surface area contributed by atoms with E-state index in [2.05, 4.69) is 11.1 Å². The van der Waals surface area contributed by atoms with E-state index in [0.717, 1.165) is 36.0 Å². The van der Waals surface area contributed by atoms with E-state index in [1.165, 1.54) is 0 Å². The molecule has 1 aromatic carbocycles. The van der Waals surface area contributed by atoms with Crippen molar-refractivity contribution in [2.24, 2.45) is 5.73 Å². The molecule has 1 aromatic heterocycles. The molecule has 112 valence electrons. The van der Waals surface area contributed by atoms with Gasteiger partial charge in [-0.25, -0.2) is 0 Å². The molecule has 3 rings (SSSR count). The maximum absolute atomic E-state index is 12.4. The molecule has 2 aromatic rings. The molecule has 5 heteroatoms. The van der Waals surface area contributed by atoms with Gasteiger partial charge in [-0.15, -0.1) is 0 Å². The van der Waals surface area contributed by atoms with Gasteiger partial charge in [0.05, 0.1) is 12.6 Å². The van der Waals surface area contributed by atoms with Gasteiger partial charge in [-0.1, -0.05) is 18.2 Å². The Hall–Kier alpha value is -1.85. The zero-order valence-corrected chi connectivity index (χ0v) is 12.0.